The Morgan fingerprint density at radius 1 is 1.13 bits per heavy atom. The van der Waals surface area contributed by atoms with E-state index in [1.54, 1.807) is 38.1 Å². The smallest absolute Gasteiger partial charge is 0.406 e. The highest BCUT2D eigenvalue weighted by Crippen LogP contribution is 2.24. The predicted octanol–water partition coefficient (Wildman–Crippen LogP) is 3.34. The van der Waals surface area contributed by atoms with E-state index < -0.39 is 24.1 Å². The second-order valence-corrected chi connectivity index (χ2v) is 7.08. The monoisotopic (exact) mass is 435 g/mol. The summed E-state index contributed by atoms with van der Waals surface area (Å²) in [5, 5.41) is 17.7. The number of aromatic nitrogens is 2. The molecule has 2 N–H and O–H groups in total. The maximum atomic E-state index is 12.7. The second kappa shape index (κ2) is 8.76. The lowest BCUT2D eigenvalue weighted by molar-refractivity contribution is -0.274. The fourth-order valence-corrected chi connectivity index (χ4v) is 3.01. The van der Waals surface area contributed by atoms with E-state index in [2.05, 4.69) is 15.2 Å². The molecule has 0 spiro atoms. The molecule has 0 saturated heterocycles. The number of rotatable bonds is 6. The highest BCUT2D eigenvalue weighted by atomic mass is 19.4. The first kappa shape index (κ1) is 22.3. The molecule has 0 aliphatic heterocycles. The lowest BCUT2D eigenvalue weighted by Crippen LogP contribution is -2.33. The summed E-state index contributed by atoms with van der Waals surface area (Å²) in [7, 11) is 0. The summed E-state index contributed by atoms with van der Waals surface area (Å²) in [5.41, 5.74) is 0.00756. The van der Waals surface area contributed by atoms with Crippen molar-refractivity contribution in [2.75, 3.05) is 6.54 Å². The van der Waals surface area contributed by atoms with Crippen molar-refractivity contribution in [1.82, 2.24) is 15.1 Å². The minimum Gasteiger partial charge on any atom is -0.406 e. The van der Waals surface area contributed by atoms with E-state index in [-0.39, 0.29) is 23.8 Å². The lowest BCUT2D eigenvalue weighted by Gasteiger charge is -2.15. The molecule has 3 aromatic rings. The number of nitrogens with zero attached hydrogens (tertiary/aromatic N) is 2. The number of alkyl halides is 3. The third-order valence-corrected chi connectivity index (χ3v) is 4.49. The zero-order chi connectivity index (χ0) is 22.8. The number of halogens is 3. The van der Waals surface area contributed by atoms with Crippen molar-refractivity contribution in [1.29, 1.82) is 0 Å². The van der Waals surface area contributed by atoms with Crippen molar-refractivity contribution in [2.24, 2.45) is 0 Å². The Balaban J connectivity index is 1.77. The molecule has 2 aromatic carbocycles. The number of benzene rings is 2. The molecular formula is C21H20F3N3O4. The highest BCUT2D eigenvalue weighted by Gasteiger charge is 2.31. The number of aliphatic hydroxyl groups excluding tert-OH is 1. The molecule has 0 saturated carbocycles. The van der Waals surface area contributed by atoms with Gasteiger partial charge in [-0.25, -0.2) is 4.68 Å². The standard InChI is InChI=1S/C21H20F3N3O4/c1-12(2)27-20(30)16-6-4-3-5-15(16)18(26-27)19(29)25-11-17(28)13-7-9-14(10-8-13)31-21(22,23)24/h3-10,12,17,28H,11H2,1-2H3,(H,25,29). The van der Waals surface area contributed by atoms with Crippen LogP contribution in [0.4, 0.5) is 13.2 Å². The molecule has 3 rings (SSSR count). The summed E-state index contributed by atoms with van der Waals surface area (Å²) in [5.74, 6) is -1.01. The van der Waals surface area contributed by atoms with Gasteiger partial charge in [0.05, 0.1) is 17.5 Å². The Hall–Kier alpha value is -3.40. The molecule has 164 valence electrons. The summed E-state index contributed by atoms with van der Waals surface area (Å²) in [4.78, 5) is 25.3. The molecule has 0 fully saturated rings. The molecule has 7 nitrogen and oxygen atoms in total. The Bertz CT molecular complexity index is 1140. The van der Waals surface area contributed by atoms with Crippen LogP contribution in [0.1, 0.15) is 42.0 Å². The summed E-state index contributed by atoms with van der Waals surface area (Å²) in [6.07, 6.45) is -5.98. The third kappa shape index (κ3) is 5.21. The van der Waals surface area contributed by atoms with E-state index in [9.17, 15) is 27.9 Å². The molecule has 31 heavy (non-hydrogen) atoms. The van der Waals surface area contributed by atoms with E-state index in [4.69, 9.17) is 0 Å². The Kier molecular flexibility index (Phi) is 6.30. The first-order valence-electron chi connectivity index (χ1n) is 9.40. The van der Waals surface area contributed by atoms with Gasteiger partial charge in [0.15, 0.2) is 5.69 Å². The molecule has 0 aliphatic rings. The van der Waals surface area contributed by atoms with Gasteiger partial charge >= 0.3 is 6.36 Å². The lowest BCUT2D eigenvalue weighted by atomic mass is 10.1. The zero-order valence-electron chi connectivity index (χ0n) is 16.7. The van der Waals surface area contributed by atoms with Gasteiger partial charge in [-0.15, -0.1) is 13.2 Å². The number of hydrogen-bond acceptors (Lipinski definition) is 5. The normalized spacial score (nSPS) is 12.7. The van der Waals surface area contributed by atoms with Gasteiger partial charge in [0.1, 0.15) is 5.75 Å². The summed E-state index contributed by atoms with van der Waals surface area (Å²) in [6, 6.07) is 11.0. The van der Waals surface area contributed by atoms with Gasteiger partial charge in [-0.3, -0.25) is 9.59 Å². The minimum absolute atomic E-state index is 0.0324. The van der Waals surface area contributed by atoms with Gasteiger partial charge in [-0.1, -0.05) is 30.3 Å². The number of fused-ring (bicyclic) bond motifs is 1. The van der Waals surface area contributed by atoms with Crippen LogP contribution >= 0.6 is 0 Å². The molecule has 10 heteroatoms. The average Bonchev–Trinajstić information content (AvgIpc) is 2.71. The van der Waals surface area contributed by atoms with Gasteiger partial charge < -0.3 is 15.2 Å². The van der Waals surface area contributed by atoms with Crippen molar-refractivity contribution in [2.45, 2.75) is 32.4 Å². The molecule has 0 bridgehead atoms. The highest BCUT2D eigenvalue weighted by molar-refractivity contribution is 6.04. The first-order chi connectivity index (χ1) is 14.6. The van der Waals surface area contributed by atoms with Crippen LogP contribution in [0.25, 0.3) is 10.8 Å². The number of aliphatic hydroxyl groups is 1. The van der Waals surface area contributed by atoms with Gasteiger partial charge in [0.2, 0.25) is 0 Å². The molecular weight excluding hydrogens is 415 g/mol. The molecule has 1 atom stereocenters. The third-order valence-electron chi connectivity index (χ3n) is 4.49. The van der Waals surface area contributed by atoms with E-state index in [0.29, 0.717) is 16.3 Å². The van der Waals surface area contributed by atoms with E-state index in [0.717, 1.165) is 12.1 Å². The van der Waals surface area contributed by atoms with Crippen LogP contribution in [0.15, 0.2) is 53.3 Å². The van der Waals surface area contributed by atoms with Crippen LogP contribution in [0, 0.1) is 0 Å². The Morgan fingerprint density at radius 2 is 1.74 bits per heavy atom. The number of hydrogen-bond donors (Lipinski definition) is 2. The van der Waals surface area contributed by atoms with Crippen LogP contribution in [-0.4, -0.2) is 33.7 Å². The largest absolute Gasteiger partial charge is 0.573 e. The van der Waals surface area contributed by atoms with E-state index in [1.165, 1.54) is 16.8 Å². The summed E-state index contributed by atoms with van der Waals surface area (Å²) in [6.45, 7) is 3.32. The number of ether oxygens (including phenoxy) is 1. The van der Waals surface area contributed by atoms with E-state index in [1.807, 2.05) is 0 Å². The number of amides is 1. The van der Waals surface area contributed by atoms with Crippen molar-refractivity contribution < 1.29 is 27.8 Å². The van der Waals surface area contributed by atoms with Crippen LogP contribution in [0.5, 0.6) is 5.75 Å². The van der Waals surface area contributed by atoms with Crippen molar-refractivity contribution >= 4 is 16.7 Å². The molecule has 0 aliphatic carbocycles. The number of carbonyl (C=O) groups is 1. The minimum atomic E-state index is -4.81. The predicted molar refractivity (Wildman–Crippen MR) is 107 cm³/mol. The topological polar surface area (TPSA) is 93.5 Å². The maximum absolute atomic E-state index is 12.7. The molecule has 1 aromatic heterocycles. The average molecular weight is 435 g/mol. The van der Waals surface area contributed by atoms with Crippen LogP contribution in [0.3, 0.4) is 0 Å². The molecule has 1 heterocycles. The molecule has 0 radical (unpaired) electrons. The number of nitrogens with one attached hydrogen (secondary N) is 1. The van der Waals surface area contributed by atoms with Crippen LogP contribution in [-0.2, 0) is 0 Å². The Morgan fingerprint density at radius 3 is 2.32 bits per heavy atom. The summed E-state index contributed by atoms with van der Waals surface area (Å²) >= 11 is 0. The Labute approximate surface area is 175 Å². The summed E-state index contributed by atoms with van der Waals surface area (Å²) < 4.78 is 41.7. The fourth-order valence-electron chi connectivity index (χ4n) is 3.01. The fraction of sp³-hybridized carbons (Fsp3) is 0.286. The van der Waals surface area contributed by atoms with Gasteiger partial charge in [0, 0.05) is 11.9 Å². The van der Waals surface area contributed by atoms with Gasteiger partial charge in [-0.2, -0.15) is 5.10 Å². The quantitative estimate of drug-likeness (QED) is 0.620. The van der Waals surface area contributed by atoms with Crippen LogP contribution < -0.4 is 15.6 Å². The van der Waals surface area contributed by atoms with E-state index >= 15 is 0 Å². The first-order valence-corrected chi connectivity index (χ1v) is 9.40. The molecule has 1 unspecified atom stereocenters. The van der Waals surface area contributed by atoms with Crippen LogP contribution in [0.2, 0.25) is 0 Å². The SMILES string of the molecule is CC(C)n1nc(C(=O)NCC(O)c2ccc(OC(F)(F)F)cc2)c2ccccc2c1=O. The number of carbonyl (C=O) groups excluding carboxylic acids is 1. The van der Waals surface area contributed by atoms with Crippen molar-refractivity contribution in [3.8, 4) is 5.75 Å². The second-order valence-electron chi connectivity index (χ2n) is 7.08. The van der Waals surface area contributed by atoms with Crippen molar-refractivity contribution in [3.63, 3.8) is 0 Å². The van der Waals surface area contributed by atoms with Gasteiger partial charge in [0.25, 0.3) is 11.5 Å². The molecule has 1 amide bonds. The zero-order valence-corrected chi connectivity index (χ0v) is 16.7. The maximum Gasteiger partial charge on any atom is 0.573 e. The van der Waals surface area contributed by atoms with Crippen molar-refractivity contribution in [3.05, 3.63) is 70.1 Å². The van der Waals surface area contributed by atoms with Gasteiger partial charge in [-0.05, 0) is 37.6 Å².